The van der Waals surface area contributed by atoms with Crippen molar-refractivity contribution in [3.63, 3.8) is 0 Å². The van der Waals surface area contributed by atoms with Crippen molar-refractivity contribution >= 4 is 40.6 Å². The van der Waals surface area contributed by atoms with Crippen molar-refractivity contribution in [2.45, 2.75) is 32.7 Å². The van der Waals surface area contributed by atoms with Crippen LogP contribution in [0.5, 0.6) is 0 Å². The molecule has 3 heterocycles. The summed E-state index contributed by atoms with van der Waals surface area (Å²) in [5.74, 6) is 1.04. The minimum Gasteiger partial charge on any atom is -0.350 e. The Bertz CT molecular complexity index is 1370. The van der Waals surface area contributed by atoms with Crippen LogP contribution in [-0.2, 0) is 17.8 Å². The number of aromatic nitrogens is 3. The van der Waals surface area contributed by atoms with Crippen LogP contribution >= 0.6 is 11.6 Å². The van der Waals surface area contributed by atoms with E-state index in [-0.39, 0.29) is 5.91 Å². The van der Waals surface area contributed by atoms with Gasteiger partial charge in [-0.3, -0.25) is 9.78 Å². The molecule has 2 aromatic carbocycles. The number of fused-ring (bicyclic) bond motifs is 1. The number of nitrogens with one attached hydrogen (secondary N) is 3. The quantitative estimate of drug-likeness (QED) is 0.305. The van der Waals surface area contributed by atoms with E-state index in [1.54, 1.807) is 6.20 Å². The van der Waals surface area contributed by atoms with Gasteiger partial charge in [-0.15, -0.1) is 0 Å². The number of anilines is 4. The third kappa shape index (κ3) is 5.41. The molecule has 4 aromatic rings. The fourth-order valence-corrected chi connectivity index (χ4v) is 4.17. The number of halogens is 1. The topological polar surface area (TPSA) is 91.8 Å². The van der Waals surface area contributed by atoms with Crippen molar-refractivity contribution in [3.8, 4) is 11.3 Å². The lowest BCUT2D eigenvalue weighted by atomic mass is 10.0. The van der Waals surface area contributed by atoms with Crippen molar-refractivity contribution in [1.29, 1.82) is 0 Å². The molecule has 176 valence electrons. The van der Waals surface area contributed by atoms with E-state index in [2.05, 4.69) is 37.0 Å². The second-order valence-electron chi connectivity index (χ2n) is 8.53. The molecule has 8 heteroatoms. The average molecular weight is 485 g/mol. The van der Waals surface area contributed by atoms with E-state index < -0.39 is 0 Å². The lowest BCUT2D eigenvalue weighted by Crippen LogP contribution is -2.09. The maximum atomic E-state index is 11.8. The number of hydrogen-bond donors (Lipinski definition) is 3. The molecule has 0 aliphatic carbocycles. The van der Waals surface area contributed by atoms with Gasteiger partial charge in [-0.2, -0.15) is 4.98 Å². The lowest BCUT2D eigenvalue weighted by molar-refractivity contribution is -0.116. The summed E-state index contributed by atoms with van der Waals surface area (Å²) in [5.41, 5.74) is 6.90. The van der Waals surface area contributed by atoms with Gasteiger partial charge in [0, 0.05) is 36.1 Å². The maximum absolute atomic E-state index is 11.8. The molecular formula is C27H25ClN6O. The molecule has 35 heavy (non-hydrogen) atoms. The van der Waals surface area contributed by atoms with Gasteiger partial charge in [0.15, 0.2) is 5.82 Å². The van der Waals surface area contributed by atoms with Gasteiger partial charge in [0.05, 0.1) is 11.9 Å². The van der Waals surface area contributed by atoms with Crippen molar-refractivity contribution in [2.75, 3.05) is 16.0 Å². The number of aryl methyl sites for hydroxylation is 2. The standard InChI is InChI=1S/C27H25ClN6O/c1-17-9-11-23(29-14-17)20-6-2-3-7-24(20)33-26-21(28)16-31-27(34-26)30-15-18-10-12-22-19(13-18)5-4-8-25(35)32-22/h2-3,6-7,9-14,16H,4-5,8,15H2,1H3,(H,32,35)(H2,30,31,33,34). The number of hydrogen-bond acceptors (Lipinski definition) is 6. The van der Waals surface area contributed by atoms with Crippen LogP contribution in [0.4, 0.5) is 23.1 Å². The number of pyridine rings is 1. The Kier molecular flexibility index (Phi) is 6.59. The molecule has 1 amide bonds. The second kappa shape index (κ2) is 10.1. The predicted molar refractivity (Wildman–Crippen MR) is 140 cm³/mol. The molecular weight excluding hydrogens is 460 g/mol. The molecule has 0 unspecified atom stereocenters. The highest BCUT2D eigenvalue weighted by Gasteiger charge is 2.14. The van der Waals surface area contributed by atoms with Gasteiger partial charge in [0.1, 0.15) is 5.02 Å². The highest BCUT2D eigenvalue weighted by molar-refractivity contribution is 6.33. The van der Waals surface area contributed by atoms with Crippen LogP contribution in [0.25, 0.3) is 11.3 Å². The number of carbonyl (C=O) groups is 1. The molecule has 1 aliphatic heterocycles. The second-order valence-corrected chi connectivity index (χ2v) is 8.94. The molecule has 0 radical (unpaired) electrons. The van der Waals surface area contributed by atoms with Gasteiger partial charge in [-0.1, -0.05) is 48.0 Å². The number of amides is 1. The summed E-state index contributed by atoms with van der Waals surface area (Å²) in [4.78, 5) is 25.3. The predicted octanol–water partition coefficient (Wildman–Crippen LogP) is 6.13. The van der Waals surface area contributed by atoms with E-state index in [9.17, 15) is 4.79 Å². The van der Waals surface area contributed by atoms with Crippen molar-refractivity contribution < 1.29 is 4.79 Å². The molecule has 0 saturated carbocycles. The van der Waals surface area contributed by atoms with Gasteiger partial charge in [-0.05, 0) is 54.7 Å². The number of nitrogens with zero attached hydrogens (tertiary/aromatic N) is 3. The Morgan fingerprint density at radius 2 is 1.91 bits per heavy atom. The van der Waals surface area contributed by atoms with E-state index in [1.165, 1.54) is 0 Å². The van der Waals surface area contributed by atoms with Crippen LogP contribution in [0.2, 0.25) is 5.02 Å². The van der Waals surface area contributed by atoms with Crippen LogP contribution in [0.15, 0.2) is 67.0 Å². The first-order valence-electron chi connectivity index (χ1n) is 11.5. The molecule has 5 rings (SSSR count). The summed E-state index contributed by atoms with van der Waals surface area (Å²) in [6.45, 7) is 2.56. The van der Waals surface area contributed by atoms with Crippen LogP contribution in [-0.4, -0.2) is 20.9 Å². The van der Waals surface area contributed by atoms with Gasteiger partial charge < -0.3 is 16.0 Å². The Hall–Kier alpha value is -3.97. The summed E-state index contributed by atoms with van der Waals surface area (Å²) in [6, 6.07) is 18.0. The summed E-state index contributed by atoms with van der Waals surface area (Å²) in [6.07, 6.45) is 5.72. The highest BCUT2D eigenvalue weighted by Crippen LogP contribution is 2.31. The molecule has 2 aromatic heterocycles. The first kappa shape index (κ1) is 22.8. The molecule has 7 nitrogen and oxygen atoms in total. The zero-order valence-corrected chi connectivity index (χ0v) is 20.1. The van der Waals surface area contributed by atoms with Crippen molar-refractivity contribution in [3.05, 3.63) is 88.7 Å². The van der Waals surface area contributed by atoms with E-state index in [1.807, 2.05) is 61.7 Å². The van der Waals surface area contributed by atoms with E-state index in [4.69, 9.17) is 11.6 Å². The van der Waals surface area contributed by atoms with Gasteiger partial charge in [0.2, 0.25) is 11.9 Å². The Balaban J connectivity index is 1.33. The molecule has 0 atom stereocenters. The molecule has 0 spiro atoms. The number of carbonyl (C=O) groups excluding carboxylic acids is 1. The summed E-state index contributed by atoms with van der Waals surface area (Å²) in [7, 11) is 0. The molecule has 3 N–H and O–H groups in total. The third-order valence-electron chi connectivity index (χ3n) is 5.86. The van der Waals surface area contributed by atoms with E-state index >= 15 is 0 Å². The molecule has 0 fully saturated rings. The van der Waals surface area contributed by atoms with E-state index in [0.29, 0.717) is 29.8 Å². The highest BCUT2D eigenvalue weighted by atomic mass is 35.5. The summed E-state index contributed by atoms with van der Waals surface area (Å²) < 4.78 is 0. The van der Waals surface area contributed by atoms with Crippen LogP contribution in [0, 0.1) is 6.92 Å². The minimum atomic E-state index is 0.0731. The van der Waals surface area contributed by atoms with Crippen LogP contribution in [0.1, 0.15) is 29.5 Å². The Morgan fingerprint density at radius 3 is 2.77 bits per heavy atom. The average Bonchev–Trinajstić information content (AvgIpc) is 3.05. The molecule has 1 aliphatic rings. The normalized spacial score (nSPS) is 12.9. The monoisotopic (exact) mass is 484 g/mol. The smallest absolute Gasteiger partial charge is 0.224 e. The third-order valence-corrected chi connectivity index (χ3v) is 6.13. The molecule has 0 saturated heterocycles. The largest absolute Gasteiger partial charge is 0.350 e. The fourth-order valence-electron chi connectivity index (χ4n) is 4.03. The Labute approximate surface area is 209 Å². The van der Waals surface area contributed by atoms with Crippen LogP contribution < -0.4 is 16.0 Å². The van der Waals surface area contributed by atoms with E-state index in [0.717, 1.165) is 52.2 Å². The van der Waals surface area contributed by atoms with Gasteiger partial charge >= 0.3 is 0 Å². The zero-order valence-electron chi connectivity index (χ0n) is 19.3. The summed E-state index contributed by atoms with van der Waals surface area (Å²) >= 11 is 6.42. The van der Waals surface area contributed by atoms with Gasteiger partial charge in [-0.25, -0.2) is 4.98 Å². The number of rotatable bonds is 6. The minimum absolute atomic E-state index is 0.0731. The first-order chi connectivity index (χ1) is 17.0. The lowest BCUT2D eigenvalue weighted by Gasteiger charge is -2.14. The SMILES string of the molecule is Cc1ccc(-c2ccccc2Nc2nc(NCc3ccc4c(c3)CCCC(=O)N4)ncc2Cl)nc1. The molecule has 0 bridgehead atoms. The zero-order chi connectivity index (χ0) is 24.2. The van der Waals surface area contributed by atoms with Crippen molar-refractivity contribution in [1.82, 2.24) is 15.0 Å². The fraction of sp³-hybridized carbons (Fsp3) is 0.185. The summed E-state index contributed by atoms with van der Waals surface area (Å²) in [5, 5.41) is 10.0. The maximum Gasteiger partial charge on any atom is 0.224 e. The van der Waals surface area contributed by atoms with Gasteiger partial charge in [0.25, 0.3) is 0 Å². The van der Waals surface area contributed by atoms with Crippen molar-refractivity contribution in [2.24, 2.45) is 0 Å². The Morgan fingerprint density at radius 1 is 1.03 bits per heavy atom. The van der Waals surface area contributed by atoms with Crippen LogP contribution in [0.3, 0.4) is 0 Å². The first-order valence-corrected chi connectivity index (χ1v) is 11.9. The number of benzene rings is 2. The number of para-hydroxylation sites is 1.